The molecule has 0 N–H and O–H groups in total. The summed E-state index contributed by atoms with van der Waals surface area (Å²) in [5.74, 6) is -1.88. The van der Waals surface area contributed by atoms with Crippen LogP contribution in [0.15, 0.2) is 36.4 Å². The van der Waals surface area contributed by atoms with Crippen molar-refractivity contribution in [1.29, 1.82) is 0 Å². The molecular weight excluding hydrogens is 503 g/mol. The SMILES string of the molecule is Cc1ccc(C(F)(F)F)cc1N1CCN(C(=O)C2C[C@H]2c2cc(C(F)(F)F)cc(C(F)(F)F)c2)CC1. The molecule has 196 valence electrons. The minimum Gasteiger partial charge on any atom is -0.368 e. The molecule has 3 nitrogen and oxygen atoms in total. The molecular formula is C24H21F9N2O. The van der Waals surface area contributed by atoms with E-state index in [0.29, 0.717) is 23.4 Å². The van der Waals surface area contributed by atoms with Gasteiger partial charge >= 0.3 is 18.5 Å². The fraction of sp³-hybridized carbons (Fsp3) is 0.458. The zero-order valence-corrected chi connectivity index (χ0v) is 18.9. The molecule has 1 amide bonds. The standard InChI is InChI=1S/C24H21F9N2O/c1-13-2-3-15(22(25,26)27)11-20(13)34-4-6-35(7-5-34)21(36)19-12-18(19)14-8-16(23(28,29)30)10-17(9-14)24(31,32)33/h2-3,8-11,18-19H,4-7,12H2,1H3/t18-,19?/m0/s1. The van der Waals surface area contributed by atoms with Gasteiger partial charge in [0, 0.05) is 37.8 Å². The number of halogens is 9. The molecule has 0 aromatic heterocycles. The number of carbonyl (C=O) groups excluding carboxylic acids is 1. The van der Waals surface area contributed by atoms with Gasteiger partial charge in [0.2, 0.25) is 5.91 Å². The lowest BCUT2D eigenvalue weighted by Crippen LogP contribution is -2.49. The summed E-state index contributed by atoms with van der Waals surface area (Å²) >= 11 is 0. The van der Waals surface area contributed by atoms with Crippen LogP contribution in [0.3, 0.4) is 0 Å². The number of alkyl halides is 9. The fourth-order valence-corrected chi connectivity index (χ4v) is 4.56. The van der Waals surface area contributed by atoms with Crippen molar-refractivity contribution in [3.8, 4) is 0 Å². The Labute approximate surface area is 200 Å². The molecule has 1 aliphatic carbocycles. The Morgan fingerprint density at radius 3 is 1.78 bits per heavy atom. The van der Waals surface area contributed by atoms with Crippen LogP contribution in [0.1, 0.15) is 40.2 Å². The van der Waals surface area contributed by atoms with Gasteiger partial charge in [-0.15, -0.1) is 0 Å². The van der Waals surface area contributed by atoms with Crippen LogP contribution in [-0.2, 0) is 23.3 Å². The summed E-state index contributed by atoms with van der Waals surface area (Å²) in [6.07, 6.45) is -14.3. The molecule has 1 unspecified atom stereocenters. The number of benzene rings is 2. The number of anilines is 1. The summed E-state index contributed by atoms with van der Waals surface area (Å²) in [4.78, 5) is 16.1. The summed E-state index contributed by atoms with van der Waals surface area (Å²) in [7, 11) is 0. The minimum atomic E-state index is -4.97. The summed E-state index contributed by atoms with van der Waals surface area (Å²) in [5, 5.41) is 0. The number of hydrogen-bond donors (Lipinski definition) is 0. The van der Waals surface area contributed by atoms with Crippen LogP contribution < -0.4 is 4.90 Å². The van der Waals surface area contributed by atoms with Crippen LogP contribution >= 0.6 is 0 Å². The minimum absolute atomic E-state index is 0.0533. The lowest BCUT2D eigenvalue weighted by molar-refractivity contribution is -0.143. The van der Waals surface area contributed by atoms with E-state index in [1.54, 1.807) is 11.8 Å². The van der Waals surface area contributed by atoms with Crippen LogP contribution in [0.2, 0.25) is 0 Å². The number of piperazine rings is 1. The number of aryl methyl sites for hydroxylation is 1. The number of hydrogen-bond acceptors (Lipinski definition) is 2. The third-order valence-electron chi connectivity index (χ3n) is 6.61. The van der Waals surface area contributed by atoms with E-state index in [9.17, 15) is 44.3 Å². The summed E-state index contributed by atoms with van der Waals surface area (Å²) in [6.45, 7) is 2.51. The Balaban J connectivity index is 1.44. The Morgan fingerprint density at radius 1 is 0.750 bits per heavy atom. The van der Waals surface area contributed by atoms with E-state index in [1.807, 2.05) is 0 Å². The highest BCUT2D eigenvalue weighted by Crippen LogP contribution is 2.50. The van der Waals surface area contributed by atoms with Crippen molar-refractivity contribution >= 4 is 11.6 Å². The Hall–Kier alpha value is -2.92. The van der Waals surface area contributed by atoms with E-state index in [0.717, 1.165) is 12.1 Å². The fourth-order valence-electron chi connectivity index (χ4n) is 4.56. The molecule has 0 bridgehead atoms. The Bertz CT molecular complexity index is 1110. The van der Waals surface area contributed by atoms with Gasteiger partial charge in [-0.2, -0.15) is 39.5 Å². The molecule has 4 rings (SSSR count). The molecule has 12 heteroatoms. The molecule has 0 spiro atoms. The highest BCUT2D eigenvalue weighted by Gasteiger charge is 2.48. The summed E-state index contributed by atoms with van der Waals surface area (Å²) in [5.41, 5.74) is -2.79. The van der Waals surface area contributed by atoms with Crippen LogP contribution in [0.4, 0.5) is 45.2 Å². The average molecular weight is 524 g/mol. The van der Waals surface area contributed by atoms with Gasteiger partial charge in [-0.25, -0.2) is 0 Å². The molecule has 1 aliphatic heterocycles. The van der Waals surface area contributed by atoms with Gasteiger partial charge < -0.3 is 9.80 Å². The topological polar surface area (TPSA) is 23.6 Å². The van der Waals surface area contributed by atoms with Crippen molar-refractivity contribution < 1.29 is 44.3 Å². The number of carbonyl (C=O) groups is 1. The van der Waals surface area contributed by atoms with Crippen molar-refractivity contribution in [2.24, 2.45) is 5.92 Å². The predicted molar refractivity (Wildman–Crippen MR) is 112 cm³/mol. The number of nitrogens with zero attached hydrogens (tertiary/aromatic N) is 2. The number of amides is 1. The maximum Gasteiger partial charge on any atom is 0.416 e. The molecule has 1 saturated carbocycles. The molecule has 2 fully saturated rings. The first-order chi connectivity index (χ1) is 16.6. The molecule has 2 aromatic carbocycles. The zero-order valence-electron chi connectivity index (χ0n) is 18.9. The lowest BCUT2D eigenvalue weighted by atomic mass is 10.0. The Kier molecular flexibility index (Phi) is 6.45. The molecule has 0 radical (unpaired) electrons. The largest absolute Gasteiger partial charge is 0.416 e. The molecule has 1 saturated heterocycles. The van der Waals surface area contributed by atoms with Crippen molar-refractivity contribution in [3.63, 3.8) is 0 Å². The van der Waals surface area contributed by atoms with E-state index < -0.39 is 47.1 Å². The first-order valence-electron chi connectivity index (χ1n) is 11.1. The van der Waals surface area contributed by atoms with E-state index in [1.165, 1.54) is 11.0 Å². The second-order valence-corrected chi connectivity index (χ2v) is 9.10. The quantitative estimate of drug-likeness (QED) is 0.428. The van der Waals surface area contributed by atoms with Crippen molar-refractivity contribution in [2.45, 2.75) is 37.8 Å². The van der Waals surface area contributed by atoms with E-state index in [4.69, 9.17) is 0 Å². The van der Waals surface area contributed by atoms with Gasteiger partial charge in [0.25, 0.3) is 0 Å². The maximum atomic E-state index is 13.2. The Morgan fingerprint density at radius 2 is 1.28 bits per heavy atom. The van der Waals surface area contributed by atoms with Crippen LogP contribution in [0.5, 0.6) is 0 Å². The predicted octanol–water partition coefficient (Wildman–Crippen LogP) is 6.50. The molecule has 1 heterocycles. The van der Waals surface area contributed by atoms with Crippen molar-refractivity contribution in [2.75, 3.05) is 31.1 Å². The first kappa shape index (κ1) is 26.2. The van der Waals surface area contributed by atoms with Gasteiger partial charge in [0.15, 0.2) is 0 Å². The second-order valence-electron chi connectivity index (χ2n) is 9.10. The lowest BCUT2D eigenvalue weighted by Gasteiger charge is -2.37. The molecule has 2 aromatic rings. The average Bonchev–Trinajstić information content (AvgIpc) is 3.58. The zero-order chi connectivity index (χ0) is 26.6. The maximum absolute atomic E-state index is 13.2. The summed E-state index contributed by atoms with van der Waals surface area (Å²) in [6, 6.07) is 4.77. The van der Waals surface area contributed by atoms with Gasteiger partial charge in [-0.1, -0.05) is 6.07 Å². The van der Waals surface area contributed by atoms with E-state index >= 15 is 0 Å². The van der Waals surface area contributed by atoms with E-state index in [-0.39, 0.29) is 50.1 Å². The normalized spacial score (nSPS) is 21.1. The van der Waals surface area contributed by atoms with Gasteiger partial charge in [-0.05, 0) is 60.7 Å². The second kappa shape index (κ2) is 8.88. The summed E-state index contributed by atoms with van der Waals surface area (Å²) < 4.78 is 118. The van der Waals surface area contributed by atoms with Crippen molar-refractivity contribution in [1.82, 2.24) is 4.90 Å². The van der Waals surface area contributed by atoms with Gasteiger partial charge in [0.05, 0.1) is 16.7 Å². The first-order valence-corrected chi connectivity index (χ1v) is 11.1. The van der Waals surface area contributed by atoms with Crippen molar-refractivity contribution in [3.05, 3.63) is 64.2 Å². The highest BCUT2D eigenvalue weighted by atomic mass is 19.4. The molecule has 2 aliphatic rings. The molecule has 2 atom stereocenters. The van der Waals surface area contributed by atoms with Gasteiger partial charge in [0.1, 0.15) is 0 Å². The van der Waals surface area contributed by atoms with Crippen LogP contribution in [0, 0.1) is 12.8 Å². The van der Waals surface area contributed by atoms with E-state index in [2.05, 4.69) is 0 Å². The smallest absolute Gasteiger partial charge is 0.368 e. The third kappa shape index (κ3) is 5.41. The van der Waals surface area contributed by atoms with Crippen LogP contribution in [-0.4, -0.2) is 37.0 Å². The highest BCUT2D eigenvalue weighted by molar-refractivity contribution is 5.83. The number of rotatable bonds is 3. The van der Waals surface area contributed by atoms with Gasteiger partial charge in [-0.3, -0.25) is 4.79 Å². The monoisotopic (exact) mass is 524 g/mol. The van der Waals surface area contributed by atoms with Crippen LogP contribution in [0.25, 0.3) is 0 Å². The third-order valence-corrected chi connectivity index (χ3v) is 6.61. The molecule has 36 heavy (non-hydrogen) atoms.